The third-order valence-electron chi connectivity index (χ3n) is 6.58. The van der Waals surface area contributed by atoms with Gasteiger partial charge >= 0.3 is 0 Å². The van der Waals surface area contributed by atoms with E-state index in [4.69, 9.17) is 4.99 Å². The van der Waals surface area contributed by atoms with Gasteiger partial charge in [-0.2, -0.15) is 0 Å². The number of likely N-dealkylation sites (tertiary alicyclic amines) is 1. The Kier molecular flexibility index (Phi) is 8.14. The Morgan fingerprint density at radius 1 is 1.20 bits per heavy atom. The molecule has 0 radical (unpaired) electrons. The summed E-state index contributed by atoms with van der Waals surface area (Å²) in [5, 5.41) is 6.89. The van der Waals surface area contributed by atoms with Gasteiger partial charge in [0.05, 0.1) is 12.6 Å². The molecule has 1 aliphatic heterocycles. The Labute approximate surface area is 182 Å². The predicted molar refractivity (Wildman–Crippen MR) is 124 cm³/mol. The minimum absolute atomic E-state index is 0.0613. The number of hydrogen-bond donors (Lipinski definition) is 2. The molecule has 1 aromatic rings. The van der Waals surface area contributed by atoms with Crippen LogP contribution in [-0.2, 0) is 10.2 Å². The minimum Gasteiger partial charge on any atom is -0.357 e. The smallest absolute Gasteiger partial charge is 0.239 e. The topological polar surface area (TPSA) is 60.0 Å². The average molecular weight is 414 g/mol. The van der Waals surface area contributed by atoms with E-state index in [1.165, 1.54) is 24.8 Å². The third-order valence-corrected chi connectivity index (χ3v) is 6.58. The summed E-state index contributed by atoms with van der Waals surface area (Å²) in [7, 11) is 3.70. The van der Waals surface area contributed by atoms with E-state index < -0.39 is 0 Å². The van der Waals surface area contributed by atoms with Crippen LogP contribution in [0.15, 0.2) is 35.3 Å². The molecule has 1 heterocycles. The molecule has 1 amide bonds. The molecule has 1 aromatic carbocycles. The molecule has 1 unspecified atom stereocenters. The van der Waals surface area contributed by atoms with E-state index in [0.29, 0.717) is 0 Å². The molecule has 6 heteroatoms. The number of aliphatic imine (C=N–C) groups is 1. The van der Waals surface area contributed by atoms with E-state index in [9.17, 15) is 4.79 Å². The maximum absolute atomic E-state index is 12.4. The van der Waals surface area contributed by atoms with E-state index in [0.717, 1.165) is 57.9 Å². The lowest BCUT2D eigenvalue weighted by Crippen LogP contribution is -2.44. The second-order valence-corrected chi connectivity index (χ2v) is 8.90. The van der Waals surface area contributed by atoms with Crippen molar-refractivity contribution >= 4 is 11.9 Å². The van der Waals surface area contributed by atoms with E-state index in [2.05, 4.69) is 52.8 Å². The Bertz CT molecular complexity index is 699. The van der Waals surface area contributed by atoms with Crippen LogP contribution in [0.1, 0.15) is 51.0 Å². The van der Waals surface area contributed by atoms with Crippen molar-refractivity contribution in [3.05, 3.63) is 35.9 Å². The number of hydrogen-bond acceptors (Lipinski definition) is 3. The fourth-order valence-electron chi connectivity index (χ4n) is 4.67. The van der Waals surface area contributed by atoms with Crippen LogP contribution in [0.25, 0.3) is 0 Å². The number of nitrogens with zero attached hydrogens (tertiary/aromatic N) is 3. The van der Waals surface area contributed by atoms with E-state index >= 15 is 0 Å². The molecule has 30 heavy (non-hydrogen) atoms. The highest BCUT2D eigenvalue weighted by molar-refractivity contribution is 5.81. The summed E-state index contributed by atoms with van der Waals surface area (Å²) in [5.74, 6) is 1.14. The maximum Gasteiger partial charge on any atom is 0.239 e. The first-order valence-corrected chi connectivity index (χ1v) is 11.6. The van der Waals surface area contributed by atoms with E-state index in [1.807, 2.05) is 14.1 Å². The summed E-state index contributed by atoms with van der Waals surface area (Å²) in [6, 6.07) is 10.9. The molecule has 1 atom stereocenters. The molecule has 166 valence electrons. The quantitative estimate of drug-likeness (QED) is 0.371. The molecular weight excluding hydrogens is 374 g/mol. The lowest BCUT2D eigenvalue weighted by atomic mass is 9.64. The fourth-order valence-corrected chi connectivity index (χ4v) is 4.67. The Morgan fingerprint density at radius 3 is 2.60 bits per heavy atom. The standard InChI is InChI=1S/C24H39N5O/c1-4-25-23(27-19-24(14-9-15-24)20-11-6-5-7-12-20)26-16-10-18-29-17-8-13-21(29)22(30)28(2)3/h5-7,11-12,21H,4,8-10,13-19H2,1-3H3,(H2,25,26,27). The van der Waals surface area contributed by atoms with Gasteiger partial charge in [0.2, 0.25) is 5.91 Å². The van der Waals surface area contributed by atoms with Crippen molar-refractivity contribution in [2.45, 2.75) is 56.9 Å². The molecular formula is C24H39N5O. The van der Waals surface area contributed by atoms with Crippen LogP contribution >= 0.6 is 0 Å². The maximum atomic E-state index is 12.4. The summed E-state index contributed by atoms with van der Waals surface area (Å²) >= 11 is 0. The van der Waals surface area contributed by atoms with Crippen LogP contribution in [0.2, 0.25) is 0 Å². The lowest BCUT2D eigenvalue weighted by molar-refractivity contribution is -0.133. The molecule has 2 fully saturated rings. The number of guanidine groups is 1. The van der Waals surface area contributed by atoms with Gasteiger partial charge < -0.3 is 15.5 Å². The van der Waals surface area contributed by atoms with Crippen LogP contribution in [0.5, 0.6) is 0 Å². The second-order valence-electron chi connectivity index (χ2n) is 8.90. The molecule has 1 aliphatic carbocycles. The van der Waals surface area contributed by atoms with Gasteiger partial charge in [-0.05, 0) is 51.1 Å². The van der Waals surface area contributed by atoms with Crippen molar-refractivity contribution in [3.63, 3.8) is 0 Å². The van der Waals surface area contributed by atoms with Crippen LogP contribution in [0, 0.1) is 0 Å². The molecule has 6 nitrogen and oxygen atoms in total. The zero-order chi connectivity index (χ0) is 21.4. The van der Waals surface area contributed by atoms with Gasteiger partial charge in [0, 0.05) is 39.1 Å². The molecule has 1 saturated heterocycles. The zero-order valence-corrected chi connectivity index (χ0v) is 19.0. The summed E-state index contributed by atoms with van der Waals surface area (Å²) in [6.07, 6.45) is 6.83. The third kappa shape index (κ3) is 5.54. The monoisotopic (exact) mass is 413 g/mol. The minimum atomic E-state index is 0.0613. The van der Waals surface area contributed by atoms with Crippen molar-refractivity contribution < 1.29 is 4.79 Å². The van der Waals surface area contributed by atoms with Crippen LogP contribution in [0.3, 0.4) is 0 Å². The van der Waals surface area contributed by atoms with Crippen LogP contribution < -0.4 is 10.6 Å². The highest BCUT2D eigenvalue weighted by Gasteiger charge is 2.38. The van der Waals surface area contributed by atoms with Gasteiger partial charge in [0.1, 0.15) is 0 Å². The molecule has 1 saturated carbocycles. The summed E-state index contributed by atoms with van der Waals surface area (Å²) in [4.78, 5) is 21.4. The first-order valence-electron chi connectivity index (χ1n) is 11.6. The summed E-state index contributed by atoms with van der Waals surface area (Å²) in [6.45, 7) is 6.63. The number of benzene rings is 1. The van der Waals surface area contributed by atoms with Gasteiger partial charge in [-0.25, -0.2) is 0 Å². The zero-order valence-electron chi connectivity index (χ0n) is 19.0. The number of rotatable bonds is 9. The van der Waals surface area contributed by atoms with E-state index in [1.54, 1.807) is 4.90 Å². The van der Waals surface area contributed by atoms with Gasteiger partial charge in [-0.1, -0.05) is 36.8 Å². The van der Waals surface area contributed by atoms with Crippen LogP contribution in [0.4, 0.5) is 0 Å². The van der Waals surface area contributed by atoms with Crippen molar-refractivity contribution in [2.75, 3.05) is 46.8 Å². The first-order chi connectivity index (χ1) is 14.6. The van der Waals surface area contributed by atoms with Gasteiger partial charge in [0.15, 0.2) is 5.96 Å². The second kappa shape index (κ2) is 10.8. The molecule has 0 aromatic heterocycles. The molecule has 0 spiro atoms. The van der Waals surface area contributed by atoms with Gasteiger partial charge in [-0.15, -0.1) is 0 Å². The van der Waals surface area contributed by atoms with Crippen molar-refractivity contribution in [2.24, 2.45) is 4.99 Å². The number of likely N-dealkylation sites (N-methyl/N-ethyl adjacent to an activating group) is 1. The number of carbonyl (C=O) groups is 1. The van der Waals surface area contributed by atoms with Crippen molar-refractivity contribution in [1.29, 1.82) is 0 Å². The fraction of sp³-hybridized carbons (Fsp3) is 0.667. The molecule has 2 N–H and O–H groups in total. The van der Waals surface area contributed by atoms with Crippen molar-refractivity contribution in [1.82, 2.24) is 20.4 Å². The van der Waals surface area contributed by atoms with Crippen LogP contribution in [-0.4, -0.2) is 74.5 Å². The van der Waals surface area contributed by atoms with Gasteiger partial charge in [-0.3, -0.25) is 14.7 Å². The summed E-state index contributed by atoms with van der Waals surface area (Å²) in [5.41, 5.74) is 1.63. The largest absolute Gasteiger partial charge is 0.357 e. The number of amides is 1. The van der Waals surface area contributed by atoms with E-state index in [-0.39, 0.29) is 17.4 Å². The lowest BCUT2D eigenvalue weighted by Gasteiger charge is -2.41. The molecule has 0 bridgehead atoms. The van der Waals surface area contributed by atoms with Gasteiger partial charge in [0.25, 0.3) is 0 Å². The SMILES string of the molecule is CCNC(=NCC1(c2ccccc2)CCC1)NCCCN1CCCC1C(=O)N(C)C. The number of nitrogens with one attached hydrogen (secondary N) is 2. The first kappa shape index (κ1) is 22.6. The highest BCUT2D eigenvalue weighted by Crippen LogP contribution is 2.43. The number of carbonyl (C=O) groups excluding carboxylic acids is 1. The molecule has 2 aliphatic rings. The highest BCUT2D eigenvalue weighted by atomic mass is 16.2. The summed E-state index contributed by atoms with van der Waals surface area (Å²) < 4.78 is 0. The molecule has 3 rings (SSSR count). The predicted octanol–water partition coefficient (Wildman–Crippen LogP) is 2.61. The van der Waals surface area contributed by atoms with Crippen molar-refractivity contribution in [3.8, 4) is 0 Å². The Hall–Kier alpha value is -2.08. The normalized spacial score (nSPS) is 21.2. The average Bonchev–Trinajstić information content (AvgIpc) is 3.18. The Balaban J connectivity index is 1.49. The Morgan fingerprint density at radius 2 is 1.97 bits per heavy atom.